The first-order valence-electron chi connectivity index (χ1n) is 11.5. The first-order chi connectivity index (χ1) is 17.5. The second-order valence-electron chi connectivity index (χ2n) is 8.57. The molecule has 0 fully saturated rings. The van der Waals surface area contributed by atoms with Gasteiger partial charge in [-0.05, 0) is 53.6 Å². The molecule has 0 spiro atoms. The number of hydrazone groups is 1. The minimum atomic E-state index is -0.274. The molecule has 2 heterocycles. The highest BCUT2D eigenvalue weighted by Crippen LogP contribution is 2.37. The molecule has 1 atom stereocenters. The van der Waals surface area contributed by atoms with Gasteiger partial charge < -0.3 is 0 Å². The lowest BCUT2D eigenvalue weighted by Gasteiger charge is -2.23. The summed E-state index contributed by atoms with van der Waals surface area (Å²) in [6.07, 6.45) is 0.639. The maximum atomic E-state index is 13.7. The molecule has 7 heteroatoms. The van der Waals surface area contributed by atoms with Crippen molar-refractivity contribution in [1.82, 2.24) is 9.97 Å². The Kier molecular flexibility index (Phi) is 5.99. The van der Waals surface area contributed by atoms with E-state index in [0.717, 1.165) is 43.5 Å². The standard InChI is InChI=1S/C29H19BrClFN4/c30-21-11-5-18(6-12-21)26-17-27(19-9-15-23(32)16-10-19)36(35-26)29-33-25-4-2-1-3-24(25)28(34-29)20-7-13-22(31)14-8-20/h1-16,27H,17H2. The molecule has 0 saturated carbocycles. The minimum Gasteiger partial charge on any atom is -0.223 e. The van der Waals surface area contributed by atoms with E-state index in [1.807, 2.05) is 77.8 Å². The van der Waals surface area contributed by atoms with Crippen molar-refractivity contribution in [1.29, 1.82) is 0 Å². The molecule has 1 unspecified atom stereocenters. The normalized spacial score (nSPS) is 15.4. The summed E-state index contributed by atoms with van der Waals surface area (Å²) in [7, 11) is 0. The van der Waals surface area contributed by atoms with Crippen LogP contribution in [-0.4, -0.2) is 15.7 Å². The topological polar surface area (TPSA) is 41.4 Å². The Balaban J connectivity index is 1.52. The zero-order valence-corrected chi connectivity index (χ0v) is 21.3. The molecule has 4 aromatic carbocycles. The number of hydrogen-bond acceptors (Lipinski definition) is 4. The number of hydrogen-bond donors (Lipinski definition) is 0. The third-order valence-electron chi connectivity index (χ3n) is 6.26. The highest BCUT2D eigenvalue weighted by Gasteiger charge is 2.32. The second-order valence-corrected chi connectivity index (χ2v) is 9.92. The molecule has 36 heavy (non-hydrogen) atoms. The van der Waals surface area contributed by atoms with Gasteiger partial charge in [0.2, 0.25) is 5.95 Å². The Labute approximate surface area is 221 Å². The average molecular weight is 558 g/mol. The van der Waals surface area contributed by atoms with Crippen LogP contribution in [0.4, 0.5) is 10.3 Å². The quantitative estimate of drug-likeness (QED) is 0.224. The fraction of sp³-hybridized carbons (Fsp3) is 0.0690. The van der Waals surface area contributed by atoms with Crippen LogP contribution in [0.15, 0.2) is 107 Å². The van der Waals surface area contributed by atoms with E-state index in [2.05, 4.69) is 15.9 Å². The summed E-state index contributed by atoms with van der Waals surface area (Å²) in [5, 5.41) is 8.45. The van der Waals surface area contributed by atoms with E-state index >= 15 is 0 Å². The van der Waals surface area contributed by atoms with Crippen molar-refractivity contribution in [3.63, 3.8) is 0 Å². The lowest BCUT2D eigenvalue weighted by atomic mass is 9.98. The molecule has 0 saturated heterocycles. The van der Waals surface area contributed by atoms with Crippen LogP contribution < -0.4 is 5.01 Å². The fourth-order valence-corrected chi connectivity index (χ4v) is 4.84. The minimum absolute atomic E-state index is 0.177. The van der Waals surface area contributed by atoms with Gasteiger partial charge in [0.25, 0.3) is 0 Å². The van der Waals surface area contributed by atoms with E-state index < -0.39 is 0 Å². The van der Waals surface area contributed by atoms with Gasteiger partial charge in [-0.25, -0.2) is 19.4 Å². The van der Waals surface area contributed by atoms with Crippen molar-refractivity contribution in [2.24, 2.45) is 5.10 Å². The number of aromatic nitrogens is 2. The summed E-state index contributed by atoms with van der Waals surface area (Å²) >= 11 is 9.65. The second kappa shape index (κ2) is 9.45. The van der Waals surface area contributed by atoms with E-state index in [9.17, 15) is 4.39 Å². The van der Waals surface area contributed by atoms with Gasteiger partial charge in [-0.15, -0.1) is 0 Å². The third-order valence-corrected chi connectivity index (χ3v) is 7.04. The number of benzene rings is 4. The molecule has 0 N–H and O–H groups in total. The molecule has 0 aliphatic carbocycles. The van der Waals surface area contributed by atoms with Crippen molar-refractivity contribution in [3.8, 4) is 11.3 Å². The van der Waals surface area contributed by atoms with E-state index in [-0.39, 0.29) is 11.9 Å². The van der Waals surface area contributed by atoms with E-state index in [1.165, 1.54) is 12.1 Å². The zero-order valence-electron chi connectivity index (χ0n) is 18.9. The van der Waals surface area contributed by atoms with Crippen LogP contribution in [0, 0.1) is 5.82 Å². The molecule has 176 valence electrons. The molecule has 0 radical (unpaired) electrons. The number of rotatable bonds is 4. The van der Waals surface area contributed by atoms with Gasteiger partial charge in [0.1, 0.15) is 5.82 Å². The molecular weight excluding hydrogens is 539 g/mol. The van der Waals surface area contributed by atoms with Crippen molar-refractivity contribution in [3.05, 3.63) is 124 Å². The highest BCUT2D eigenvalue weighted by molar-refractivity contribution is 9.10. The number of halogens is 3. The van der Waals surface area contributed by atoms with Gasteiger partial charge in [0.15, 0.2) is 0 Å². The van der Waals surface area contributed by atoms with Gasteiger partial charge in [-0.2, -0.15) is 5.10 Å². The Bertz CT molecular complexity index is 1590. The zero-order chi connectivity index (χ0) is 24.6. The number of nitrogens with zero attached hydrogens (tertiary/aromatic N) is 4. The van der Waals surface area contributed by atoms with Gasteiger partial charge in [-0.3, -0.25) is 0 Å². The van der Waals surface area contributed by atoms with Crippen molar-refractivity contribution in [2.45, 2.75) is 12.5 Å². The molecule has 4 nitrogen and oxygen atoms in total. The van der Waals surface area contributed by atoms with Crippen LogP contribution in [0.1, 0.15) is 23.6 Å². The average Bonchev–Trinajstić information content (AvgIpc) is 3.35. The maximum absolute atomic E-state index is 13.7. The predicted molar refractivity (Wildman–Crippen MR) is 147 cm³/mol. The molecule has 1 aliphatic heterocycles. The fourth-order valence-electron chi connectivity index (χ4n) is 4.45. The Morgan fingerprint density at radius 1 is 0.806 bits per heavy atom. The Morgan fingerprint density at radius 3 is 2.25 bits per heavy atom. The lowest BCUT2D eigenvalue weighted by Crippen LogP contribution is -2.21. The molecule has 5 aromatic rings. The predicted octanol–water partition coefficient (Wildman–Crippen LogP) is 8.21. The Hall–Kier alpha value is -3.61. The van der Waals surface area contributed by atoms with Gasteiger partial charge in [0.05, 0.1) is 23.0 Å². The largest absolute Gasteiger partial charge is 0.247 e. The summed E-state index contributed by atoms with van der Waals surface area (Å²) in [6.45, 7) is 0. The maximum Gasteiger partial charge on any atom is 0.247 e. The SMILES string of the molecule is Fc1ccc(C2CC(c3ccc(Br)cc3)=NN2c2nc(-c3ccc(Cl)cc3)c3ccccc3n2)cc1. The highest BCUT2D eigenvalue weighted by atomic mass is 79.9. The summed E-state index contributed by atoms with van der Waals surface area (Å²) in [5.41, 5.74) is 5.44. The smallest absolute Gasteiger partial charge is 0.223 e. The van der Waals surface area contributed by atoms with Crippen molar-refractivity contribution in [2.75, 3.05) is 5.01 Å². The molecule has 0 amide bonds. The molecule has 1 aliphatic rings. The molecular formula is C29H19BrClFN4. The van der Waals surface area contributed by atoms with E-state index in [4.69, 9.17) is 26.7 Å². The summed E-state index contributed by atoms with van der Waals surface area (Å²) < 4.78 is 14.7. The first-order valence-corrected chi connectivity index (χ1v) is 12.6. The number of fused-ring (bicyclic) bond motifs is 1. The molecule has 1 aromatic heterocycles. The van der Waals surface area contributed by atoms with E-state index in [1.54, 1.807) is 12.1 Å². The molecule has 0 bridgehead atoms. The third kappa shape index (κ3) is 4.38. The van der Waals surface area contributed by atoms with Crippen LogP contribution in [-0.2, 0) is 0 Å². The summed E-state index contributed by atoms with van der Waals surface area (Å²) in [5.74, 6) is 0.212. The van der Waals surface area contributed by atoms with Crippen LogP contribution >= 0.6 is 27.5 Å². The van der Waals surface area contributed by atoms with Crippen molar-refractivity contribution < 1.29 is 4.39 Å². The number of para-hydroxylation sites is 1. The lowest BCUT2D eigenvalue weighted by molar-refractivity contribution is 0.623. The van der Waals surface area contributed by atoms with Crippen LogP contribution in [0.25, 0.3) is 22.2 Å². The van der Waals surface area contributed by atoms with E-state index in [0.29, 0.717) is 17.4 Å². The summed E-state index contributed by atoms with van der Waals surface area (Å²) in [6, 6.07) is 30.0. The first kappa shape index (κ1) is 22.8. The van der Waals surface area contributed by atoms with Gasteiger partial charge in [-0.1, -0.05) is 82.1 Å². The van der Waals surface area contributed by atoms with Crippen LogP contribution in [0.2, 0.25) is 5.02 Å². The monoisotopic (exact) mass is 556 g/mol. The molecule has 6 rings (SSSR count). The van der Waals surface area contributed by atoms with Crippen LogP contribution in [0.3, 0.4) is 0 Å². The number of anilines is 1. The summed E-state index contributed by atoms with van der Waals surface area (Å²) in [4.78, 5) is 9.90. The van der Waals surface area contributed by atoms with Crippen LogP contribution in [0.5, 0.6) is 0 Å². The van der Waals surface area contributed by atoms with Crippen molar-refractivity contribution >= 4 is 50.1 Å². The van der Waals surface area contributed by atoms with Gasteiger partial charge in [0, 0.05) is 26.9 Å². The van der Waals surface area contributed by atoms with Gasteiger partial charge >= 0.3 is 0 Å². The Morgan fingerprint density at radius 2 is 1.50 bits per heavy atom.